The molecule has 1 aromatic rings. The highest BCUT2D eigenvalue weighted by molar-refractivity contribution is 7.90. The van der Waals surface area contributed by atoms with Crippen LogP contribution in [0.15, 0.2) is 29.2 Å². The van der Waals surface area contributed by atoms with Crippen LogP contribution in [-0.4, -0.2) is 40.0 Å². The van der Waals surface area contributed by atoms with E-state index in [1.165, 1.54) is 11.8 Å². The molecule has 0 bridgehead atoms. The van der Waals surface area contributed by atoms with E-state index >= 15 is 0 Å². The molecule has 2 saturated heterocycles. The molecular formula is C16H23NO3S. The SMILES string of the molecule is CS(=O)(=O)c1ccc(C[C@@H]2COC3(CCNCC3)C2)cc1. The average molecular weight is 309 g/mol. The van der Waals surface area contributed by atoms with Crippen molar-refractivity contribution >= 4 is 9.84 Å². The van der Waals surface area contributed by atoms with E-state index in [1.807, 2.05) is 12.1 Å². The second-order valence-electron chi connectivity index (χ2n) is 6.43. The molecule has 1 aromatic carbocycles. The Labute approximate surface area is 126 Å². The van der Waals surface area contributed by atoms with Gasteiger partial charge >= 0.3 is 0 Å². The smallest absolute Gasteiger partial charge is 0.175 e. The molecule has 0 aromatic heterocycles. The maximum Gasteiger partial charge on any atom is 0.175 e. The summed E-state index contributed by atoms with van der Waals surface area (Å²) in [6.07, 6.45) is 5.56. The Morgan fingerprint density at radius 3 is 2.52 bits per heavy atom. The molecule has 0 aliphatic carbocycles. The van der Waals surface area contributed by atoms with E-state index in [2.05, 4.69) is 5.32 Å². The predicted octanol–water partition coefficient (Wildman–Crippen LogP) is 1.79. The second kappa shape index (κ2) is 5.71. The number of piperidine rings is 1. The molecule has 0 amide bonds. The van der Waals surface area contributed by atoms with Gasteiger partial charge in [-0.1, -0.05) is 12.1 Å². The van der Waals surface area contributed by atoms with Gasteiger partial charge in [0.25, 0.3) is 0 Å². The average Bonchev–Trinajstić information content (AvgIpc) is 2.82. The Kier molecular flexibility index (Phi) is 4.08. The zero-order valence-electron chi connectivity index (χ0n) is 12.5. The van der Waals surface area contributed by atoms with Crippen LogP contribution in [0.4, 0.5) is 0 Å². The first kappa shape index (κ1) is 15.0. The third-order valence-corrected chi connectivity index (χ3v) is 5.81. The van der Waals surface area contributed by atoms with Gasteiger partial charge in [-0.15, -0.1) is 0 Å². The maximum absolute atomic E-state index is 11.5. The predicted molar refractivity (Wildman–Crippen MR) is 82.1 cm³/mol. The van der Waals surface area contributed by atoms with Gasteiger partial charge in [-0.05, 0) is 62.4 Å². The highest BCUT2D eigenvalue weighted by Gasteiger charge is 2.40. The first-order chi connectivity index (χ1) is 9.97. The minimum Gasteiger partial charge on any atom is -0.375 e. The van der Waals surface area contributed by atoms with Crippen LogP contribution in [0.1, 0.15) is 24.8 Å². The van der Waals surface area contributed by atoms with Gasteiger partial charge in [0, 0.05) is 6.26 Å². The molecule has 1 N–H and O–H groups in total. The lowest BCUT2D eigenvalue weighted by Crippen LogP contribution is -2.41. The van der Waals surface area contributed by atoms with E-state index in [0.717, 1.165) is 45.4 Å². The number of nitrogens with one attached hydrogen (secondary N) is 1. The third kappa shape index (κ3) is 3.47. The van der Waals surface area contributed by atoms with Crippen LogP contribution in [0.5, 0.6) is 0 Å². The van der Waals surface area contributed by atoms with Crippen molar-refractivity contribution in [3.05, 3.63) is 29.8 Å². The largest absolute Gasteiger partial charge is 0.375 e. The van der Waals surface area contributed by atoms with Crippen LogP contribution in [0, 0.1) is 5.92 Å². The summed E-state index contributed by atoms with van der Waals surface area (Å²) in [4.78, 5) is 0.392. The summed E-state index contributed by atoms with van der Waals surface area (Å²) in [5.41, 5.74) is 1.30. The second-order valence-corrected chi connectivity index (χ2v) is 8.45. The number of rotatable bonds is 3. The van der Waals surface area contributed by atoms with Gasteiger partial charge in [0.05, 0.1) is 17.1 Å². The Morgan fingerprint density at radius 2 is 1.90 bits per heavy atom. The summed E-state index contributed by atoms with van der Waals surface area (Å²) in [7, 11) is -3.10. The fourth-order valence-electron chi connectivity index (χ4n) is 3.51. The van der Waals surface area contributed by atoms with Crippen LogP contribution in [0.25, 0.3) is 0 Å². The van der Waals surface area contributed by atoms with E-state index in [0.29, 0.717) is 10.8 Å². The first-order valence-electron chi connectivity index (χ1n) is 7.61. The molecule has 2 aliphatic rings. The van der Waals surface area contributed by atoms with Crippen molar-refractivity contribution < 1.29 is 13.2 Å². The molecule has 0 unspecified atom stereocenters. The molecule has 0 radical (unpaired) electrons. The highest BCUT2D eigenvalue weighted by atomic mass is 32.2. The molecule has 5 heteroatoms. The minimum atomic E-state index is -3.10. The van der Waals surface area contributed by atoms with Crippen molar-refractivity contribution in [3.63, 3.8) is 0 Å². The first-order valence-corrected chi connectivity index (χ1v) is 9.50. The summed E-state index contributed by atoms with van der Waals surface area (Å²) in [6.45, 7) is 2.93. The van der Waals surface area contributed by atoms with Crippen molar-refractivity contribution in [2.75, 3.05) is 26.0 Å². The van der Waals surface area contributed by atoms with E-state index in [9.17, 15) is 8.42 Å². The summed E-state index contributed by atoms with van der Waals surface area (Å²) in [5.74, 6) is 0.548. The molecule has 21 heavy (non-hydrogen) atoms. The molecule has 2 aliphatic heterocycles. The quantitative estimate of drug-likeness (QED) is 0.925. The van der Waals surface area contributed by atoms with E-state index < -0.39 is 9.84 Å². The van der Waals surface area contributed by atoms with Crippen molar-refractivity contribution in [2.24, 2.45) is 5.92 Å². The monoisotopic (exact) mass is 309 g/mol. The van der Waals surface area contributed by atoms with Crippen molar-refractivity contribution in [1.29, 1.82) is 0 Å². The summed E-state index contributed by atoms with van der Waals surface area (Å²) >= 11 is 0. The van der Waals surface area contributed by atoms with Gasteiger partial charge in [0.1, 0.15) is 0 Å². The molecular weight excluding hydrogens is 286 g/mol. The molecule has 116 valence electrons. The normalized spacial score (nSPS) is 25.3. The topological polar surface area (TPSA) is 55.4 Å². The molecule has 1 atom stereocenters. The van der Waals surface area contributed by atoms with Crippen LogP contribution in [0.3, 0.4) is 0 Å². The van der Waals surface area contributed by atoms with E-state index in [-0.39, 0.29) is 5.60 Å². The number of hydrogen-bond donors (Lipinski definition) is 1. The molecule has 1 spiro atoms. The Bertz CT molecular complexity index is 588. The zero-order chi connectivity index (χ0) is 14.9. The van der Waals surface area contributed by atoms with Crippen molar-refractivity contribution in [3.8, 4) is 0 Å². The molecule has 3 rings (SSSR count). The molecule has 2 fully saturated rings. The van der Waals surface area contributed by atoms with Gasteiger partial charge in [-0.3, -0.25) is 0 Å². The Balaban J connectivity index is 1.62. The lowest BCUT2D eigenvalue weighted by atomic mass is 9.84. The van der Waals surface area contributed by atoms with Gasteiger partial charge in [-0.25, -0.2) is 8.42 Å². The van der Waals surface area contributed by atoms with Crippen LogP contribution < -0.4 is 5.32 Å². The van der Waals surface area contributed by atoms with Crippen LogP contribution in [0.2, 0.25) is 0 Å². The molecule has 2 heterocycles. The fraction of sp³-hybridized carbons (Fsp3) is 0.625. The summed E-state index contributed by atoms with van der Waals surface area (Å²) < 4.78 is 29.0. The minimum absolute atomic E-state index is 0.0998. The Morgan fingerprint density at radius 1 is 1.24 bits per heavy atom. The lowest BCUT2D eigenvalue weighted by Gasteiger charge is -2.33. The number of sulfone groups is 1. The van der Waals surface area contributed by atoms with Gasteiger partial charge in [0.2, 0.25) is 0 Å². The van der Waals surface area contributed by atoms with E-state index in [1.54, 1.807) is 12.1 Å². The maximum atomic E-state index is 11.5. The van der Waals surface area contributed by atoms with E-state index in [4.69, 9.17) is 4.74 Å². The highest BCUT2D eigenvalue weighted by Crippen LogP contribution is 2.38. The van der Waals surface area contributed by atoms with Gasteiger partial charge in [0.15, 0.2) is 9.84 Å². The zero-order valence-corrected chi connectivity index (χ0v) is 13.3. The van der Waals surface area contributed by atoms with Gasteiger partial charge < -0.3 is 10.1 Å². The molecule has 4 nitrogen and oxygen atoms in total. The summed E-state index contributed by atoms with van der Waals surface area (Å²) in [5, 5.41) is 3.38. The lowest BCUT2D eigenvalue weighted by molar-refractivity contribution is -0.0196. The number of benzene rings is 1. The number of hydrogen-bond acceptors (Lipinski definition) is 4. The van der Waals surface area contributed by atoms with Gasteiger partial charge in [-0.2, -0.15) is 0 Å². The molecule has 0 saturated carbocycles. The van der Waals surface area contributed by atoms with Crippen molar-refractivity contribution in [1.82, 2.24) is 5.32 Å². The van der Waals surface area contributed by atoms with Crippen LogP contribution >= 0.6 is 0 Å². The summed E-state index contributed by atoms with van der Waals surface area (Å²) in [6, 6.07) is 7.29. The van der Waals surface area contributed by atoms with Crippen molar-refractivity contribution in [2.45, 2.75) is 36.2 Å². The standard InChI is InChI=1S/C16H23NO3S/c1-21(18,19)15-4-2-13(3-5-15)10-14-11-16(20-12-14)6-8-17-9-7-16/h2-5,14,17H,6-12H2,1H3/t14-/m0/s1. The van der Waals surface area contributed by atoms with Crippen LogP contribution in [-0.2, 0) is 21.0 Å². The Hall–Kier alpha value is -0.910. The third-order valence-electron chi connectivity index (χ3n) is 4.68. The number of ether oxygens (including phenoxy) is 1. The fourth-order valence-corrected chi connectivity index (χ4v) is 4.14.